The highest BCUT2D eigenvalue weighted by Crippen LogP contribution is 2.31. The zero-order chi connectivity index (χ0) is 17.4. The van der Waals surface area contributed by atoms with Gasteiger partial charge in [0.2, 0.25) is 0 Å². The van der Waals surface area contributed by atoms with Crippen molar-refractivity contribution in [3.05, 3.63) is 83.4 Å². The van der Waals surface area contributed by atoms with E-state index in [4.69, 9.17) is 4.74 Å². The van der Waals surface area contributed by atoms with E-state index in [1.165, 1.54) is 0 Å². The van der Waals surface area contributed by atoms with Crippen LogP contribution in [0.4, 0.5) is 4.79 Å². The maximum Gasteiger partial charge on any atom is 0.419 e. The van der Waals surface area contributed by atoms with Gasteiger partial charge in [0.15, 0.2) is 0 Å². The Morgan fingerprint density at radius 3 is 2.52 bits per heavy atom. The van der Waals surface area contributed by atoms with E-state index >= 15 is 0 Å². The topological polar surface area (TPSA) is 31.2 Å². The molecule has 0 fully saturated rings. The van der Waals surface area contributed by atoms with Crippen LogP contribution in [0.5, 0.6) is 0 Å². The Hall–Kier alpha value is -3.07. The Morgan fingerprint density at radius 1 is 0.920 bits per heavy atom. The van der Waals surface area contributed by atoms with Crippen LogP contribution in [0.2, 0.25) is 0 Å². The van der Waals surface area contributed by atoms with E-state index in [0.29, 0.717) is 0 Å². The number of fused-ring (bicyclic) bond motifs is 3. The first-order chi connectivity index (χ1) is 12.1. The van der Waals surface area contributed by atoms with Gasteiger partial charge in [0.05, 0.1) is 11.0 Å². The van der Waals surface area contributed by atoms with E-state index in [9.17, 15) is 4.79 Å². The molecule has 0 bridgehead atoms. The van der Waals surface area contributed by atoms with Gasteiger partial charge in [0.1, 0.15) is 6.61 Å². The fourth-order valence-electron chi connectivity index (χ4n) is 3.32. The van der Waals surface area contributed by atoms with E-state index in [2.05, 4.69) is 18.2 Å². The van der Waals surface area contributed by atoms with Crippen LogP contribution in [0, 0.1) is 13.8 Å². The fourth-order valence-corrected chi connectivity index (χ4v) is 3.32. The number of carbonyl (C=O) groups excluding carboxylic acids is 1. The van der Waals surface area contributed by atoms with Crippen molar-refractivity contribution in [1.29, 1.82) is 0 Å². The van der Waals surface area contributed by atoms with Gasteiger partial charge in [-0.2, -0.15) is 0 Å². The highest BCUT2D eigenvalue weighted by atomic mass is 16.5. The number of hydrogen-bond acceptors (Lipinski definition) is 2. The number of hydrogen-bond donors (Lipinski definition) is 0. The SMILES string of the molecule is Cc1ccc2c3cccc(C)c3n(C(=O)OCc3ccccc3)c2c1. The lowest BCUT2D eigenvalue weighted by Gasteiger charge is -2.09. The molecule has 0 unspecified atom stereocenters. The number of nitrogens with zero attached hydrogens (tertiary/aromatic N) is 1. The van der Waals surface area contributed by atoms with Crippen LogP contribution >= 0.6 is 0 Å². The van der Waals surface area contributed by atoms with Crippen molar-refractivity contribution in [3.8, 4) is 0 Å². The van der Waals surface area contributed by atoms with Crippen LogP contribution < -0.4 is 0 Å². The number of rotatable bonds is 2. The molecule has 3 aromatic carbocycles. The largest absolute Gasteiger partial charge is 0.444 e. The number of aryl methyl sites for hydroxylation is 2. The van der Waals surface area contributed by atoms with E-state index in [-0.39, 0.29) is 12.7 Å². The summed E-state index contributed by atoms with van der Waals surface area (Å²) in [7, 11) is 0. The molecule has 3 heteroatoms. The van der Waals surface area contributed by atoms with Crippen molar-refractivity contribution in [2.45, 2.75) is 20.5 Å². The lowest BCUT2D eigenvalue weighted by atomic mass is 10.1. The first-order valence-corrected chi connectivity index (χ1v) is 8.36. The molecular formula is C22H19NO2. The van der Waals surface area contributed by atoms with Crippen molar-refractivity contribution in [1.82, 2.24) is 4.57 Å². The Kier molecular flexibility index (Phi) is 3.77. The summed E-state index contributed by atoms with van der Waals surface area (Å²) in [6, 6.07) is 22.0. The second kappa shape index (κ2) is 6.10. The molecule has 0 aliphatic rings. The van der Waals surface area contributed by atoms with Gasteiger partial charge < -0.3 is 4.74 Å². The lowest BCUT2D eigenvalue weighted by Crippen LogP contribution is -2.13. The Morgan fingerprint density at radius 2 is 1.72 bits per heavy atom. The van der Waals surface area contributed by atoms with Gasteiger partial charge in [-0.3, -0.25) is 0 Å². The van der Waals surface area contributed by atoms with Crippen molar-refractivity contribution >= 4 is 27.9 Å². The van der Waals surface area contributed by atoms with Gasteiger partial charge >= 0.3 is 6.09 Å². The average molecular weight is 329 g/mol. The van der Waals surface area contributed by atoms with Gasteiger partial charge in [0, 0.05) is 10.8 Å². The van der Waals surface area contributed by atoms with Gasteiger partial charge in [0.25, 0.3) is 0 Å². The zero-order valence-corrected chi connectivity index (χ0v) is 14.3. The maximum atomic E-state index is 12.9. The summed E-state index contributed by atoms with van der Waals surface area (Å²) < 4.78 is 7.31. The quantitative estimate of drug-likeness (QED) is 0.479. The van der Waals surface area contributed by atoms with Crippen molar-refractivity contribution in [2.75, 3.05) is 0 Å². The van der Waals surface area contributed by atoms with Crippen molar-refractivity contribution in [2.24, 2.45) is 0 Å². The first kappa shape index (κ1) is 15.5. The van der Waals surface area contributed by atoms with Gasteiger partial charge in [-0.15, -0.1) is 0 Å². The summed E-state index contributed by atoms with van der Waals surface area (Å²) >= 11 is 0. The molecule has 4 aromatic rings. The predicted molar refractivity (Wildman–Crippen MR) is 101 cm³/mol. The Bertz CT molecular complexity index is 1080. The van der Waals surface area contributed by atoms with E-state index in [1.54, 1.807) is 4.57 Å². The molecule has 0 spiro atoms. The second-order valence-electron chi connectivity index (χ2n) is 6.37. The standard InChI is InChI=1S/C22H19NO2/c1-15-11-12-18-19-10-6-7-16(2)21(19)23(20(18)13-15)22(24)25-14-17-8-4-3-5-9-17/h3-13H,14H2,1-2H3. The third-order valence-electron chi connectivity index (χ3n) is 4.53. The summed E-state index contributed by atoms with van der Waals surface area (Å²) in [4.78, 5) is 12.9. The Balaban J connectivity index is 1.84. The van der Waals surface area contributed by atoms with Gasteiger partial charge in [-0.05, 0) is 36.6 Å². The third-order valence-corrected chi connectivity index (χ3v) is 4.53. The molecule has 0 amide bonds. The minimum absolute atomic E-state index is 0.262. The number of carbonyl (C=O) groups is 1. The van der Waals surface area contributed by atoms with Gasteiger partial charge in [-0.1, -0.05) is 60.7 Å². The number of benzene rings is 3. The van der Waals surface area contributed by atoms with Crippen LogP contribution in [0.1, 0.15) is 16.7 Å². The summed E-state index contributed by atoms with van der Waals surface area (Å²) in [5, 5.41) is 2.15. The molecule has 25 heavy (non-hydrogen) atoms. The molecule has 4 rings (SSSR count). The highest BCUT2D eigenvalue weighted by molar-refractivity contribution is 6.13. The van der Waals surface area contributed by atoms with E-state index in [0.717, 1.165) is 38.5 Å². The molecule has 0 saturated carbocycles. The number of para-hydroxylation sites is 1. The van der Waals surface area contributed by atoms with E-state index < -0.39 is 0 Å². The first-order valence-electron chi connectivity index (χ1n) is 8.36. The molecule has 3 nitrogen and oxygen atoms in total. The highest BCUT2D eigenvalue weighted by Gasteiger charge is 2.18. The third kappa shape index (κ3) is 2.68. The molecule has 0 N–H and O–H groups in total. The molecule has 0 saturated heterocycles. The van der Waals surface area contributed by atoms with Crippen LogP contribution in [-0.2, 0) is 11.3 Å². The summed E-state index contributed by atoms with van der Waals surface area (Å²) in [5.41, 5.74) is 4.96. The minimum atomic E-state index is -0.344. The molecular weight excluding hydrogens is 310 g/mol. The average Bonchev–Trinajstić information content (AvgIpc) is 2.95. The molecule has 0 aliphatic heterocycles. The maximum absolute atomic E-state index is 12.9. The molecule has 0 atom stereocenters. The van der Waals surface area contributed by atoms with Crippen LogP contribution in [-0.4, -0.2) is 10.7 Å². The number of aromatic nitrogens is 1. The monoisotopic (exact) mass is 329 g/mol. The molecule has 124 valence electrons. The van der Waals surface area contributed by atoms with Gasteiger partial charge in [-0.25, -0.2) is 9.36 Å². The van der Waals surface area contributed by atoms with Crippen LogP contribution in [0.3, 0.4) is 0 Å². The summed E-state index contributed by atoms with van der Waals surface area (Å²) in [5.74, 6) is 0. The molecule has 0 radical (unpaired) electrons. The molecule has 1 aromatic heterocycles. The second-order valence-corrected chi connectivity index (χ2v) is 6.37. The summed E-state index contributed by atoms with van der Waals surface area (Å²) in [6.45, 7) is 4.32. The van der Waals surface area contributed by atoms with Crippen molar-refractivity contribution in [3.63, 3.8) is 0 Å². The normalized spacial score (nSPS) is 11.1. The zero-order valence-electron chi connectivity index (χ0n) is 14.3. The summed E-state index contributed by atoms with van der Waals surface area (Å²) in [6.07, 6.45) is -0.344. The van der Waals surface area contributed by atoms with Crippen LogP contribution in [0.25, 0.3) is 21.8 Å². The molecule has 0 aliphatic carbocycles. The number of ether oxygens (including phenoxy) is 1. The fraction of sp³-hybridized carbons (Fsp3) is 0.136. The predicted octanol–water partition coefficient (Wildman–Crippen LogP) is 5.60. The smallest absolute Gasteiger partial charge is 0.419 e. The molecule has 1 heterocycles. The van der Waals surface area contributed by atoms with E-state index in [1.807, 2.05) is 62.4 Å². The minimum Gasteiger partial charge on any atom is -0.444 e. The Labute approximate surface area is 146 Å². The van der Waals surface area contributed by atoms with Crippen LogP contribution in [0.15, 0.2) is 66.7 Å². The lowest BCUT2D eigenvalue weighted by molar-refractivity contribution is 0.143. The van der Waals surface area contributed by atoms with Crippen molar-refractivity contribution < 1.29 is 9.53 Å².